The molecule has 1 N–H and O–H groups in total. The molecule has 0 aromatic heterocycles. The molecule has 1 nitrogen and oxygen atoms in total. The number of aliphatic hydroxyl groups is 1. The van der Waals surface area contributed by atoms with E-state index in [4.69, 9.17) is 0 Å². The summed E-state index contributed by atoms with van der Waals surface area (Å²) < 4.78 is 0. The molecule has 1 aromatic rings. The molecule has 0 saturated heterocycles. The molecular weight excluding hydrogens is 148 g/mol. The molecule has 1 aliphatic rings. The third kappa shape index (κ3) is 1.07. The van der Waals surface area contributed by atoms with E-state index in [0.29, 0.717) is 0 Å². The first-order valence-corrected chi connectivity index (χ1v) is 4.24. The summed E-state index contributed by atoms with van der Waals surface area (Å²) in [6, 6.07) is 8.19. The van der Waals surface area contributed by atoms with Gasteiger partial charge in [0.25, 0.3) is 0 Å². The minimum atomic E-state index is -0.320. The lowest BCUT2D eigenvalue weighted by molar-refractivity contribution is 0.196. The Bertz CT molecular complexity index is 315. The van der Waals surface area contributed by atoms with Gasteiger partial charge in [0.15, 0.2) is 0 Å². The highest BCUT2D eigenvalue weighted by atomic mass is 16.3. The van der Waals surface area contributed by atoms with Crippen molar-refractivity contribution in [1.82, 2.24) is 0 Å². The van der Waals surface area contributed by atoms with Crippen LogP contribution in [0.25, 0.3) is 6.08 Å². The van der Waals surface area contributed by atoms with Gasteiger partial charge in [0.05, 0.1) is 6.10 Å². The van der Waals surface area contributed by atoms with E-state index in [2.05, 4.69) is 12.1 Å². The molecule has 1 aliphatic carbocycles. The topological polar surface area (TPSA) is 20.2 Å². The summed E-state index contributed by atoms with van der Waals surface area (Å²) in [4.78, 5) is 0. The predicted molar refractivity (Wildman–Crippen MR) is 49.9 cm³/mol. The smallest absolute Gasteiger partial charge is 0.0790 e. The van der Waals surface area contributed by atoms with Gasteiger partial charge in [-0.25, -0.2) is 0 Å². The number of hydrogen-bond acceptors (Lipinski definition) is 1. The molecule has 1 aromatic carbocycles. The molecule has 0 bridgehead atoms. The highest BCUT2D eigenvalue weighted by molar-refractivity contribution is 5.58. The number of fused-ring (bicyclic) bond motifs is 1. The molecule has 1 heteroatoms. The quantitative estimate of drug-likeness (QED) is 0.616. The van der Waals surface area contributed by atoms with E-state index in [1.165, 1.54) is 11.1 Å². The highest BCUT2D eigenvalue weighted by Crippen LogP contribution is 2.28. The zero-order valence-electron chi connectivity index (χ0n) is 7.07. The molecule has 0 amide bonds. The first kappa shape index (κ1) is 7.56. The molecule has 62 valence electrons. The Morgan fingerprint density at radius 2 is 2.00 bits per heavy atom. The summed E-state index contributed by atoms with van der Waals surface area (Å²) in [5.41, 5.74) is 2.47. The number of benzene rings is 1. The molecule has 0 fully saturated rings. The van der Waals surface area contributed by atoms with Crippen molar-refractivity contribution >= 4 is 6.08 Å². The van der Waals surface area contributed by atoms with E-state index < -0.39 is 0 Å². The standard InChI is InChI=1S/C11H12O/c1-8-10-5-3-2-4-9(10)6-7-11(8)12/h2-8,11-12H,1H3/t8-,11?/m1/s1. The van der Waals surface area contributed by atoms with Gasteiger partial charge >= 0.3 is 0 Å². The Hall–Kier alpha value is -1.08. The second-order valence-corrected chi connectivity index (χ2v) is 3.27. The van der Waals surface area contributed by atoms with Crippen LogP contribution in [-0.2, 0) is 0 Å². The third-order valence-electron chi connectivity index (χ3n) is 2.47. The van der Waals surface area contributed by atoms with Crippen molar-refractivity contribution in [3.05, 3.63) is 41.5 Å². The summed E-state index contributed by atoms with van der Waals surface area (Å²) in [7, 11) is 0. The summed E-state index contributed by atoms with van der Waals surface area (Å²) in [5.74, 6) is 0.228. The summed E-state index contributed by atoms with van der Waals surface area (Å²) in [5, 5.41) is 9.54. The molecule has 12 heavy (non-hydrogen) atoms. The van der Waals surface area contributed by atoms with E-state index in [9.17, 15) is 5.11 Å². The van der Waals surface area contributed by atoms with Gasteiger partial charge in [-0.3, -0.25) is 0 Å². The monoisotopic (exact) mass is 160 g/mol. The Morgan fingerprint density at radius 1 is 1.25 bits per heavy atom. The third-order valence-corrected chi connectivity index (χ3v) is 2.47. The van der Waals surface area contributed by atoms with Crippen LogP contribution in [0.1, 0.15) is 24.0 Å². The largest absolute Gasteiger partial charge is 0.388 e. The summed E-state index contributed by atoms with van der Waals surface area (Å²) >= 11 is 0. The fraction of sp³-hybridized carbons (Fsp3) is 0.273. The van der Waals surface area contributed by atoms with E-state index in [1.54, 1.807) is 0 Å². The summed E-state index contributed by atoms with van der Waals surface area (Å²) in [6.45, 7) is 2.05. The maximum atomic E-state index is 9.54. The van der Waals surface area contributed by atoms with Crippen molar-refractivity contribution in [3.63, 3.8) is 0 Å². The average molecular weight is 160 g/mol. The van der Waals surface area contributed by atoms with E-state index in [0.717, 1.165) is 0 Å². The zero-order chi connectivity index (χ0) is 8.55. The van der Waals surface area contributed by atoms with Gasteiger partial charge in [-0.1, -0.05) is 43.3 Å². The van der Waals surface area contributed by atoms with Gasteiger partial charge in [-0.2, -0.15) is 0 Å². The van der Waals surface area contributed by atoms with Crippen LogP contribution in [0.2, 0.25) is 0 Å². The zero-order valence-corrected chi connectivity index (χ0v) is 7.07. The predicted octanol–water partition coefficient (Wildman–Crippen LogP) is 2.18. The fourth-order valence-corrected chi connectivity index (χ4v) is 1.63. The van der Waals surface area contributed by atoms with E-state index >= 15 is 0 Å². The van der Waals surface area contributed by atoms with Crippen LogP contribution in [0.3, 0.4) is 0 Å². The molecule has 0 spiro atoms. The lowest BCUT2D eigenvalue weighted by atomic mass is 9.87. The van der Waals surface area contributed by atoms with Gasteiger partial charge in [0.1, 0.15) is 0 Å². The first-order valence-electron chi connectivity index (χ1n) is 4.24. The number of hydrogen-bond donors (Lipinski definition) is 1. The second kappa shape index (κ2) is 2.76. The van der Waals surface area contributed by atoms with E-state index in [-0.39, 0.29) is 12.0 Å². The second-order valence-electron chi connectivity index (χ2n) is 3.27. The minimum Gasteiger partial charge on any atom is -0.388 e. The van der Waals surface area contributed by atoms with Gasteiger partial charge in [0.2, 0.25) is 0 Å². The van der Waals surface area contributed by atoms with Crippen LogP contribution in [0, 0.1) is 0 Å². The van der Waals surface area contributed by atoms with E-state index in [1.807, 2.05) is 31.2 Å². The molecule has 0 aliphatic heterocycles. The van der Waals surface area contributed by atoms with Gasteiger partial charge in [0, 0.05) is 5.92 Å². The molecule has 0 saturated carbocycles. The normalized spacial score (nSPS) is 26.8. The van der Waals surface area contributed by atoms with Crippen LogP contribution < -0.4 is 0 Å². The summed E-state index contributed by atoms with van der Waals surface area (Å²) in [6.07, 6.45) is 3.52. The Balaban J connectivity index is 2.52. The minimum absolute atomic E-state index is 0.228. The highest BCUT2D eigenvalue weighted by Gasteiger charge is 2.18. The van der Waals surface area contributed by atoms with Crippen molar-refractivity contribution < 1.29 is 5.11 Å². The van der Waals surface area contributed by atoms with Gasteiger partial charge < -0.3 is 5.11 Å². The van der Waals surface area contributed by atoms with Crippen LogP contribution >= 0.6 is 0 Å². The maximum absolute atomic E-state index is 9.54. The first-order chi connectivity index (χ1) is 5.79. The molecule has 1 unspecified atom stereocenters. The average Bonchev–Trinajstić information content (AvgIpc) is 2.12. The van der Waals surface area contributed by atoms with Crippen LogP contribution in [0.15, 0.2) is 30.3 Å². The van der Waals surface area contributed by atoms with Crippen molar-refractivity contribution in [2.75, 3.05) is 0 Å². The van der Waals surface area contributed by atoms with Crippen molar-refractivity contribution in [3.8, 4) is 0 Å². The fourth-order valence-electron chi connectivity index (χ4n) is 1.63. The van der Waals surface area contributed by atoms with Crippen LogP contribution in [-0.4, -0.2) is 11.2 Å². The van der Waals surface area contributed by atoms with Crippen LogP contribution in [0.4, 0.5) is 0 Å². The Morgan fingerprint density at radius 3 is 2.83 bits per heavy atom. The van der Waals surface area contributed by atoms with Crippen molar-refractivity contribution in [2.24, 2.45) is 0 Å². The number of rotatable bonds is 0. The Labute approximate surface area is 72.4 Å². The molecule has 0 heterocycles. The molecule has 2 rings (SSSR count). The Kier molecular flexibility index (Phi) is 1.74. The lowest BCUT2D eigenvalue weighted by Crippen LogP contribution is -2.16. The molecule has 2 atom stereocenters. The SMILES string of the molecule is C[C@@H]1c2ccccc2C=CC1O. The van der Waals surface area contributed by atoms with Crippen molar-refractivity contribution in [1.29, 1.82) is 0 Å². The lowest BCUT2D eigenvalue weighted by Gasteiger charge is -2.22. The van der Waals surface area contributed by atoms with Crippen LogP contribution in [0.5, 0.6) is 0 Å². The molecular formula is C11H12O. The van der Waals surface area contributed by atoms with Gasteiger partial charge in [-0.15, -0.1) is 0 Å². The van der Waals surface area contributed by atoms with Crippen molar-refractivity contribution in [2.45, 2.75) is 18.9 Å². The number of aliphatic hydroxyl groups excluding tert-OH is 1. The molecule has 0 radical (unpaired) electrons. The maximum Gasteiger partial charge on any atom is 0.0790 e. The van der Waals surface area contributed by atoms with Gasteiger partial charge in [-0.05, 0) is 11.1 Å².